The van der Waals surface area contributed by atoms with Crippen molar-refractivity contribution in [1.29, 1.82) is 0 Å². The number of carbonyl (C=O) groups excluding carboxylic acids is 1. The molecule has 2 aromatic carbocycles. The fraction of sp³-hybridized carbons (Fsp3) is 0.350. The molecule has 0 fully saturated rings. The van der Waals surface area contributed by atoms with E-state index in [1.807, 2.05) is 24.3 Å². The maximum atomic E-state index is 12.8. The maximum Gasteiger partial charge on any atom is 0.220 e. The quantitative estimate of drug-likeness (QED) is 0.624. The molecule has 0 bridgehead atoms. The van der Waals surface area contributed by atoms with Gasteiger partial charge in [-0.15, -0.1) is 0 Å². The SMILES string of the molecule is COCCOc1ccc(CNC(=O)CCCOc2ccc(F)cc2)cc1. The van der Waals surface area contributed by atoms with Crippen LogP contribution in [0, 0.1) is 5.82 Å². The van der Waals surface area contributed by atoms with Crippen molar-refractivity contribution in [3.63, 3.8) is 0 Å². The number of rotatable bonds is 11. The van der Waals surface area contributed by atoms with Gasteiger partial charge in [-0.2, -0.15) is 0 Å². The van der Waals surface area contributed by atoms with E-state index in [2.05, 4.69) is 5.32 Å². The number of nitrogens with one attached hydrogen (secondary N) is 1. The Hall–Kier alpha value is -2.60. The van der Waals surface area contributed by atoms with Crippen LogP contribution in [0.5, 0.6) is 11.5 Å². The van der Waals surface area contributed by atoms with Crippen molar-refractivity contribution in [3.8, 4) is 11.5 Å². The number of ether oxygens (including phenoxy) is 3. The number of halogens is 1. The highest BCUT2D eigenvalue weighted by molar-refractivity contribution is 5.75. The number of hydrogen-bond donors (Lipinski definition) is 1. The second kappa shape index (κ2) is 11.1. The lowest BCUT2D eigenvalue weighted by Crippen LogP contribution is -2.22. The summed E-state index contributed by atoms with van der Waals surface area (Å²) in [5, 5.41) is 2.87. The molecule has 0 spiro atoms. The molecule has 0 aliphatic rings. The molecule has 26 heavy (non-hydrogen) atoms. The van der Waals surface area contributed by atoms with E-state index in [1.54, 1.807) is 19.2 Å². The molecule has 5 nitrogen and oxygen atoms in total. The summed E-state index contributed by atoms with van der Waals surface area (Å²) in [5.41, 5.74) is 1.00. The van der Waals surface area contributed by atoms with Gasteiger partial charge in [0.25, 0.3) is 0 Å². The molecule has 0 aromatic heterocycles. The average Bonchev–Trinajstić information content (AvgIpc) is 2.66. The lowest BCUT2D eigenvalue weighted by atomic mass is 10.2. The number of hydrogen-bond acceptors (Lipinski definition) is 4. The van der Waals surface area contributed by atoms with Gasteiger partial charge >= 0.3 is 0 Å². The van der Waals surface area contributed by atoms with Gasteiger partial charge in [-0.3, -0.25) is 4.79 Å². The fourth-order valence-corrected chi connectivity index (χ4v) is 2.19. The van der Waals surface area contributed by atoms with Gasteiger partial charge in [-0.25, -0.2) is 4.39 Å². The molecule has 0 aliphatic carbocycles. The maximum absolute atomic E-state index is 12.8. The summed E-state index contributed by atoms with van der Waals surface area (Å²) in [7, 11) is 1.63. The molecule has 1 N–H and O–H groups in total. The van der Waals surface area contributed by atoms with Crippen molar-refractivity contribution in [2.75, 3.05) is 26.9 Å². The summed E-state index contributed by atoms with van der Waals surface area (Å²) in [4.78, 5) is 11.9. The number of benzene rings is 2. The predicted molar refractivity (Wildman–Crippen MR) is 96.8 cm³/mol. The zero-order valence-corrected chi connectivity index (χ0v) is 14.9. The minimum Gasteiger partial charge on any atom is -0.494 e. The summed E-state index contributed by atoms with van der Waals surface area (Å²) in [5.74, 6) is 1.04. The normalized spacial score (nSPS) is 10.4. The van der Waals surface area contributed by atoms with Crippen LogP contribution >= 0.6 is 0 Å². The molecule has 6 heteroatoms. The van der Waals surface area contributed by atoms with Crippen LogP contribution in [0.25, 0.3) is 0 Å². The summed E-state index contributed by atoms with van der Waals surface area (Å²) < 4.78 is 28.6. The molecule has 2 aromatic rings. The Balaban J connectivity index is 1.60. The van der Waals surface area contributed by atoms with Gasteiger partial charge in [-0.1, -0.05) is 12.1 Å². The van der Waals surface area contributed by atoms with Crippen molar-refractivity contribution >= 4 is 5.91 Å². The molecule has 0 radical (unpaired) electrons. The van der Waals surface area contributed by atoms with Gasteiger partial charge in [0.1, 0.15) is 23.9 Å². The molecule has 0 unspecified atom stereocenters. The van der Waals surface area contributed by atoms with Gasteiger partial charge in [0.15, 0.2) is 0 Å². The number of methoxy groups -OCH3 is 1. The van der Waals surface area contributed by atoms with Crippen LogP contribution in [0.3, 0.4) is 0 Å². The Labute approximate surface area is 153 Å². The van der Waals surface area contributed by atoms with E-state index in [0.717, 1.165) is 11.3 Å². The van der Waals surface area contributed by atoms with Crippen LogP contribution in [0.1, 0.15) is 18.4 Å². The third-order valence-corrected chi connectivity index (χ3v) is 3.60. The van der Waals surface area contributed by atoms with Crippen molar-refractivity contribution in [2.24, 2.45) is 0 Å². The predicted octanol–water partition coefficient (Wildman–Crippen LogP) is 3.33. The van der Waals surface area contributed by atoms with Gasteiger partial charge in [0.2, 0.25) is 5.91 Å². The molecule has 1 amide bonds. The van der Waals surface area contributed by atoms with Crippen LogP contribution in [0.4, 0.5) is 4.39 Å². The first-order valence-corrected chi connectivity index (χ1v) is 8.53. The van der Waals surface area contributed by atoms with E-state index in [1.165, 1.54) is 12.1 Å². The van der Waals surface area contributed by atoms with E-state index in [-0.39, 0.29) is 11.7 Å². The zero-order valence-electron chi connectivity index (χ0n) is 14.9. The van der Waals surface area contributed by atoms with Crippen LogP contribution in [0.15, 0.2) is 48.5 Å². The van der Waals surface area contributed by atoms with Crippen LogP contribution < -0.4 is 14.8 Å². The summed E-state index contributed by atoms with van der Waals surface area (Å²) in [6, 6.07) is 13.4. The standard InChI is InChI=1S/C20H24FNO4/c1-24-13-14-26-18-8-4-16(5-9-18)15-22-20(23)3-2-12-25-19-10-6-17(21)7-11-19/h4-11H,2-3,12-15H2,1H3,(H,22,23). The Bertz CT molecular complexity index is 659. The second-order valence-corrected chi connectivity index (χ2v) is 5.67. The van der Waals surface area contributed by atoms with Crippen molar-refractivity contribution < 1.29 is 23.4 Å². The fourth-order valence-electron chi connectivity index (χ4n) is 2.19. The van der Waals surface area contributed by atoms with E-state index in [0.29, 0.717) is 45.0 Å². The van der Waals surface area contributed by atoms with Gasteiger partial charge in [0.05, 0.1) is 13.2 Å². The van der Waals surface area contributed by atoms with E-state index in [4.69, 9.17) is 14.2 Å². The summed E-state index contributed by atoms with van der Waals surface area (Å²) in [6.07, 6.45) is 0.967. The van der Waals surface area contributed by atoms with Gasteiger partial charge < -0.3 is 19.5 Å². The van der Waals surface area contributed by atoms with Crippen LogP contribution in [0.2, 0.25) is 0 Å². The average molecular weight is 361 g/mol. The van der Waals surface area contributed by atoms with Gasteiger partial charge in [-0.05, 0) is 48.4 Å². The molecule has 2 rings (SSSR count). The Morgan fingerprint density at radius 1 is 0.923 bits per heavy atom. The first-order valence-electron chi connectivity index (χ1n) is 8.53. The monoisotopic (exact) mass is 361 g/mol. The minimum absolute atomic E-state index is 0.0341. The lowest BCUT2D eigenvalue weighted by Gasteiger charge is -2.08. The molecular weight excluding hydrogens is 337 g/mol. The largest absolute Gasteiger partial charge is 0.494 e. The van der Waals surface area contributed by atoms with Gasteiger partial charge in [0, 0.05) is 20.1 Å². The Morgan fingerprint density at radius 3 is 2.19 bits per heavy atom. The first kappa shape index (κ1) is 19.7. The highest BCUT2D eigenvalue weighted by Gasteiger charge is 2.03. The second-order valence-electron chi connectivity index (χ2n) is 5.67. The highest BCUT2D eigenvalue weighted by atomic mass is 19.1. The van der Waals surface area contributed by atoms with E-state index < -0.39 is 0 Å². The minimum atomic E-state index is -0.300. The smallest absolute Gasteiger partial charge is 0.220 e. The van der Waals surface area contributed by atoms with Crippen molar-refractivity contribution in [2.45, 2.75) is 19.4 Å². The first-order chi connectivity index (χ1) is 12.7. The van der Waals surface area contributed by atoms with Crippen molar-refractivity contribution in [3.05, 3.63) is 59.9 Å². The molecule has 0 aliphatic heterocycles. The highest BCUT2D eigenvalue weighted by Crippen LogP contribution is 2.13. The Kier molecular flexibility index (Phi) is 8.42. The van der Waals surface area contributed by atoms with E-state index in [9.17, 15) is 9.18 Å². The third-order valence-electron chi connectivity index (χ3n) is 3.60. The summed E-state index contributed by atoms with van der Waals surface area (Å²) in [6.45, 7) is 1.93. The third kappa shape index (κ3) is 7.53. The molecule has 0 heterocycles. The number of amides is 1. The molecule has 0 saturated heterocycles. The Morgan fingerprint density at radius 2 is 1.54 bits per heavy atom. The van der Waals surface area contributed by atoms with E-state index >= 15 is 0 Å². The topological polar surface area (TPSA) is 56.8 Å². The molecule has 0 saturated carbocycles. The molecule has 0 atom stereocenters. The number of carbonyl (C=O) groups is 1. The van der Waals surface area contributed by atoms with Crippen molar-refractivity contribution in [1.82, 2.24) is 5.32 Å². The zero-order chi connectivity index (χ0) is 18.6. The van der Waals surface area contributed by atoms with Crippen LogP contribution in [-0.2, 0) is 16.1 Å². The molecule has 140 valence electrons. The summed E-state index contributed by atoms with van der Waals surface area (Å²) >= 11 is 0. The molecular formula is C20H24FNO4. The lowest BCUT2D eigenvalue weighted by molar-refractivity contribution is -0.121. The van der Waals surface area contributed by atoms with Crippen LogP contribution in [-0.4, -0.2) is 32.8 Å².